The summed E-state index contributed by atoms with van der Waals surface area (Å²) in [6.07, 6.45) is 9.63. The van der Waals surface area contributed by atoms with Crippen molar-refractivity contribution in [3.63, 3.8) is 0 Å². The van der Waals surface area contributed by atoms with Gasteiger partial charge >= 0.3 is 21.7 Å². The predicted octanol–water partition coefficient (Wildman–Crippen LogP) is 5.88. The summed E-state index contributed by atoms with van der Waals surface area (Å²) < 4.78 is 0. The monoisotopic (exact) mass is 386 g/mol. The summed E-state index contributed by atoms with van der Waals surface area (Å²) in [5, 5.41) is 1.17. The minimum absolute atomic E-state index is 0. The first-order chi connectivity index (χ1) is 11.3. The second-order valence-corrected chi connectivity index (χ2v) is 7.49. The van der Waals surface area contributed by atoms with Gasteiger partial charge in [-0.1, -0.05) is 93.8 Å². The van der Waals surface area contributed by atoms with Gasteiger partial charge < -0.3 is 5.73 Å². The quantitative estimate of drug-likeness (QED) is 0.393. The van der Waals surface area contributed by atoms with Crippen molar-refractivity contribution in [3.05, 3.63) is 58.4 Å². The molecule has 1 fully saturated rings. The Labute approximate surface area is 173 Å². The topological polar surface area (TPSA) is 23.8 Å². The molecule has 1 saturated carbocycles. The maximum absolute atomic E-state index is 7.27. The maximum atomic E-state index is 7.27. The van der Waals surface area contributed by atoms with Gasteiger partial charge in [-0.2, -0.15) is 11.1 Å². The molecular weight excluding hydrogens is 354 g/mol. The molecule has 2 aliphatic carbocycles. The Morgan fingerprint density at radius 1 is 1.00 bits per heavy atom. The van der Waals surface area contributed by atoms with Crippen molar-refractivity contribution in [1.29, 1.82) is 0 Å². The Kier molecular flexibility index (Phi) is 12.7. The number of aryl methyl sites for hydroxylation is 1. The van der Waals surface area contributed by atoms with E-state index in [1.807, 2.05) is 18.2 Å². The van der Waals surface area contributed by atoms with Crippen LogP contribution in [0, 0.1) is 18.9 Å². The predicted molar refractivity (Wildman–Crippen MR) is 108 cm³/mol. The van der Waals surface area contributed by atoms with Gasteiger partial charge in [-0.25, -0.2) is 5.57 Å². The molecule has 133 valence electrons. The van der Waals surface area contributed by atoms with Crippen molar-refractivity contribution < 1.29 is 21.7 Å². The van der Waals surface area contributed by atoms with Crippen LogP contribution in [0.2, 0.25) is 0 Å². The van der Waals surface area contributed by atoms with Gasteiger partial charge in [0.15, 0.2) is 0 Å². The minimum atomic E-state index is 0. The van der Waals surface area contributed by atoms with Crippen LogP contribution in [-0.2, 0) is 21.7 Å². The standard InChI is InChI=1S/C9H13.C7H7Si.C6H12N.Ti/c1-6-5-7(2)9(4)8(6)3;1-6-4-2-3-5-7(6)8;7-6-4-2-1-3-5-6;/h6H,1-4H3;2-5H,1H3;6-7H,1-5H2;/q-1;;-1;+2. The molecule has 1 unspecified atom stereocenters. The van der Waals surface area contributed by atoms with Gasteiger partial charge in [0.05, 0.1) is 10.2 Å². The molecule has 0 aromatic heterocycles. The van der Waals surface area contributed by atoms with E-state index < -0.39 is 0 Å². The van der Waals surface area contributed by atoms with Crippen LogP contribution in [0.25, 0.3) is 5.73 Å². The molecule has 25 heavy (non-hydrogen) atoms. The average Bonchev–Trinajstić information content (AvgIpc) is 2.78. The van der Waals surface area contributed by atoms with E-state index in [4.69, 9.17) is 5.73 Å². The van der Waals surface area contributed by atoms with E-state index in [1.165, 1.54) is 46.7 Å². The third kappa shape index (κ3) is 9.19. The summed E-state index contributed by atoms with van der Waals surface area (Å²) in [5.41, 5.74) is 12.8. The van der Waals surface area contributed by atoms with Crippen LogP contribution in [0.5, 0.6) is 0 Å². The van der Waals surface area contributed by atoms with E-state index in [2.05, 4.69) is 57.0 Å². The Morgan fingerprint density at radius 3 is 1.80 bits per heavy atom. The number of allylic oxidation sites excluding steroid dienone is 4. The third-order valence-corrected chi connectivity index (χ3v) is 5.55. The van der Waals surface area contributed by atoms with Gasteiger partial charge in [0.2, 0.25) is 0 Å². The van der Waals surface area contributed by atoms with Crippen molar-refractivity contribution >= 4 is 15.4 Å². The molecule has 0 bridgehead atoms. The zero-order chi connectivity index (χ0) is 18.1. The van der Waals surface area contributed by atoms with Crippen molar-refractivity contribution in [2.45, 2.75) is 72.8 Å². The number of hydrogen-bond acceptors (Lipinski definition) is 0. The van der Waals surface area contributed by atoms with E-state index >= 15 is 0 Å². The van der Waals surface area contributed by atoms with Crippen LogP contribution >= 0.6 is 0 Å². The summed E-state index contributed by atoms with van der Waals surface area (Å²) >= 11 is 0. The Balaban J connectivity index is 0.000000341. The second-order valence-electron chi connectivity index (χ2n) is 6.95. The van der Waals surface area contributed by atoms with E-state index in [0.29, 0.717) is 5.92 Å². The van der Waals surface area contributed by atoms with E-state index in [-0.39, 0.29) is 27.8 Å². The summed E-state index contributed by atoms with van der Waals surface area (Å²) in [6.45, 7) is 10.7. The van der Waals surface area contributed by atoms with Gasteiger partial charge in [-0.3, -0.25) is 6.08 Å². The Bertz CT molecular complexity index is 550. The molecule has 3 heteroatoms. The Morgan fingerprint density at radius 2 is 1.56 bits per heavy atom. The van der Waals surface area contributed by atoms with E-state index in [0.717, 1.165) is 12.8 Å². The van der Waals surface area contributed by atoms with E-state index in [9.17, 15) is 0 Å². The number of rotatable bonds is 0. The van der Waals surface area contributed by atoms with Gasteiger partial charge in [0.1, 0.15) is 0 Å². The molecule has 1 atom stereocenters. The van der Waals surface area contributed by atoms with Crippen LogP contribution < -0.4 is 5.19 Å². The average molecular weight is 386 g/mol. The molecule has 1 aromatic carbocycles. The maximum Gasteiger partial charge on any atom is 2.00 e. The van der Waals surface area contributed by atoms with Gasteiger partial charge in [0.25, 0.3) is 0 Å². The van der Waals surface area contributed by atoms with Crippen LogP contribution in [0.15, 0.2) is 41.0 Å². The number of nitrogens with one attached hydrogen (secondary N) is 1. The van der Waals surface area contributed by atoms with E-state index in [1.54, 1.807) is 0 Å². The molecule has 0 aliphatic heterocycles. The molecule has 3 radical (unpaired) electrons. The van der Waals surface area contributed by atoms with Crippen LogP contribution in [-0.4, -0.2) is 16.3 Å². The fraction of sp³-hybridized carbons (Fsp3) is 0.545. The summed E-state index contributed by atoms with van der Waals surface area (Å²) in [7, 11) is 3.44. The summed E-state index contributed by atoms with van der Waals surface area (Å²) in [5.74, 6) is 0.560. The fourth-order valence-electron chi connectivity index (χ4n) is 2.84. The van der Waals surface area contributed by atoms with Crippen LogP contribution in [0.4, 0.5) is 0 Å². The zero-order valence-corrected chi connectivity index (χ0v) is 19.1. The molecule has 0 spiro atoms. The number of benzene rings is 1. The van der Waals surface area contributed by atoms with Crippen molar-refractivity contribution in [2.24, 2.45) is 5.92 Å². The normalized spacial score (nSPS) is 19.8. The number of hydrogen-bond donors (Lipinski definition) is 0. The van der Waals surface area contributed by atoms with Crippen molar-refractivity contribution in [3.8, 4) is 0 Å². The van der Waals surface area contributed by atoms with Crippen LogP contribution in [0.1, 0.15) is 65.4 Å². The molecule has 0 amide bonds. The molecule has 1 N–H and O–H groups in total. The molecule has 1 aromatic rings. The molecule has 0 saturated heterocycles. The molecular formula is C22H32NSiTi. The Hall–Kier alpha value is -0.409. The molecule has 1 nitrogen and oxygen atoms in total. The second kappa shape index (κ2) is 12.9. The summed E-state index contributed by atoms with van der Waals surface area (Å²) in [4.78, 5) is 0. The first-order valence-corrected chi connectivity index (χ1v) is 9.59. The smallest absolute Gasteiger partial charge is 0.675 e. The molecule has 0 heterocycles. The SMILES string of the molecule is CC1=[C-]C(C)C(C)=C1C.Cc1ccccc1[Si].[NH-]C1CCCCC1.[Ti+2]. The first-order valence-electron chi connectivity index (χ1n) is 9.09. The van der Waals surface area contributed by atoms with Gasteiger partial charge in [-0.15, -0.1) is 13.0 Å². The minimum Gasteiger partial charge on any atom is -0.675 e. The van der Waals surface area contributed by atoms with Gasteiger partial charge in [-0.05, 0) is 6.92 Å². The van der Waals surface area contributed by atoms with Crippen molar-refractivity contribution in [2.75, 3.05) is 0 Å². The molecule has 3 rings (SSSR count). The molecule has 2 aliphatic rings. The summed E-state index contributed by atoms with van der Waals surface area (Å²) in [6, 6.07) is 8.43. The zero-order valence-electron chi connectivity index (χ0n) is 16.5. The third-order valence-electron chi connectivity index (χ3n) is 4.99. The van der Waals surface area contributed by atoms with Gasteiger partial charge in [0, 0.05) is 0 Å². The van der Waals surface area contributed by atoms with Crippen LogP contribution in [0.3, 0.4) is 0 Å². The van der Waals surface area contributed by atoms with Crippen molar-refractivity contribution in [1.82, 2.24) is 0 Å². The fourth-order valence-corrected chi connectivity index (χ4v) is 3.02. The largest absolute Gasteiger partial charge is 2.00 e. The first kappa shape index (κ1) is 24.6.